The Kier molecular flexibility index (Phi) is 8.26. The molecule has 0 aliphatic heterocycles. The maximum Gasteiger partial charge on any atom is 0.338 e. The molecule has 0 aromatic heterocycles. The minimum Gasteiger partial charge on any atom is -0.496 e. The van der Waals surface area contributed by atoms with E-state index in [2.05, 4.69) is 35.1 Å². The number of amides is 1. The van der Waals surface area contributed by atoms with Gasteiger partial charge in [0, 0.05) is 11.8 Å². The maximum atomic E-state index is 12.1. The average molecular weight is 446 g/mol. The van der Waals surface area contributed by atoms with Crippen molar-refractivity contribution in [3.63, 3.8) is 0 Å². The molecule has 5 nitrogen and oxygen atoms in total. The molecule has 0 saturated carbocycles. The molecule has 0 radical (unpaired) electrons. The van der Waals surface area contributed by atoms with Gasteiger partial charge in [0.25, 0.3) is 0 Å². The van der Waals surface area contributed by atoms with Crippen molar-refractivity contribution < 1.29 is 19.1 Å². The van der Waals surface area contributed by atoms with Gasteiger partial charge in [-0.1, -0.05) is 19.9 Å². The molecule has 0 saturated heterocycles. The van der Waals surface area contributed by atoms with Gasteiger partial charge in [0.2, 0.25) is 5.91 Å². The third-order valence-corrected chi connectivity index (χ3v) is 4.54. The van der Waals surface area contributed by atoms with E-state index in [4.69, 9.17) is 9.47 Å². The van der Waals surface area contributed by atoms with Crippen LogP contribution in [0.5, 0.6) is 5.75 Å². The summed E-state index contributed by atoms with van der Waals surface area (Å²) in [6.07, 6.45) is 3.99. The SMILES string of the molecule is COc1ccc(/C=C/C(=O)Nc2ccc(C(=O)OCCC(C)C)cc2)cc1Br. The van der Waals surface area contributed by atoms with Gasteiger partial charge >= 0.3 is 5.97 Å². The summed E-state index contributed by atoms with van der Waals surface area (Å²) in [5.41, 5.74) is 1.92. The minimum atomic E-state index is -0.358. The van der Waals surface area contributed by atoms with Crippen LogP contribution >= 0.6 is 15.9 Å². The van der Waals surface area contributed by atoms with Crippen LogP contribution in [0.15, 0.2) is 53.0 Å². The molecule has 2 rings (SSSR count). The smallest absolute Gasteiger partial charge is 0.338 e. The normalized spacial score (nSPS) is 10.9. The highest BCUT2D eigenvalue weighted by atomic mass is 79.9. The zero-order chi connectivity index (χ0) is 20.5. The summed E-state index contributed by atoms with van der Waals surface area (Å²) in [7, 11) is 1.60. The third-order valence-electron chi connectivity index (χ3n) is 3.92. The lowest BCUT2D eigenvalue weighted by Gasteiger charge is -2.07. The first-order valence-corrected chi connectivity index (χ1v) is 9.78. The topological polar surface area (TPSA) is 64.6 Å². The van der Waals surface area contributed by atoms with Crippen molar-refractivity contribution in [1.82, 2.24) is 0 Å². The van der Waals surface area contributed by atoms with Crippen LogP contribution < -0.4 is 10.1 Å². The number of hydrogen-bond donors (Lipinski definition) is 1. The van der Waals surface area contributed by atoms with E-state index in [0.717, 1.165) is 22.2 Å². The summed E-state index contributed by atoms with van der Waals surface area (Å²) in [5.74, 6) is 0.588. The van der Waals surface area contributed by atoms with Crippen molar-refractivity contribution in [1.29, 1.82) is 0 Å². The van der Waals surface area contributed by atoms with Crippen molar-refractivity contribution in [2.75, 3.05) is 19.0 Å². The molecule has 148 valence electrons. The largest absolute Gasteiger partial charge is 0.496 e. The highest BCUT2D eigenvalue weighted by molar-refractivity contribution is 9.10. The first-order valence-electron chi connectivity index (χ1n) is 8.99. The number of rotatable bonds is 8. The molecule has 0 aliphatic carbocycles. The number of halogens is 1. The van der Waals surface area contributed by atoms with E-state index < -0.39 is 0 Å². The van der Waals surface area contributed by atoms with Crippen LogP contribution in [0.2, 0.25) is 0 Å². The Morgan fingerprint density at radius 2 is 1.86 bits per heavy atom. The highest BCUT2D eigenvalue weighted by Crippen LogP contribution is 2.26. The number of ether oxygens (including phenoxy) is 2. The highest BCUT2D eigenvalue weighted by Gasteiger charge is 2.08. The molecule has 0 heterocycles. The number of benzene rings is 2. The van der Waals surface area contributed by atoms with Gasteiger partial charge in [-0.15, -0.1) is 0 Å². The predicted molar refractivity (Wildman–Crippen MR) is 115 cm³/mol. The molecule has 0 fully saturated rings. The van der Waals surface area contributed by atoms with E-state index in [1.54, 1.807) is 37.5 Å². The fraction of sp³-hybridized carbons (Fsp3) is 0.273. The molecule has 0 unspecified atom stereocenters. The van der Waals surface area contributed by atoms with Crippen LogP contribution in [0.3, 0.4) is 0 Å². The van der Waals surface area contributed by atoms with E-state index in [9.17, 15) is 9.59 Å². The van der Waals surface area contributed by atoms with Gasteiger partial charge < -0.3 is 14.8 Å². The van der Waals surface area contributed by atoms with Crippen molar-refractivity contribution in [3.8, 4) is 5.75 Å². The van der Waals surface area contributed by atoms with Crippen LogP contribution in [0.4, 0.5) is 5.69 Å². The van der Waals surface area contributed by atoms with Crippen LogP contribution in [0.1, 0.15) is 36.2 Å². The Bertz CT molecular complexity index is 844. The van der Waals surface area contributed by atoms with Gasteiger partial charge in [-0.3, -0.25) is 4.79 Å². The lowest BCUT2D eigenvalue weighted by molar-refractivity contribution is -0.111. The van der Waals surface area contributed by atoms with Gasteiger partial charge in [0.15, 0.2) is 0 Å². The molecule has 0 aliphatic rings. The summed E-state index contributed by atoms with van der Waals surface area (Å²) in [4.78, 5) is 24.1. The molecule has 2 aromatic rings. The Morgan fingerprint density at radius 3 is 2.46 bits per heavy atom. The standard InChI is InChI=1S/C22H24BrNO4/c1-15(2)12-13-28-22(26)17-6-8-18(9-7-17)24-21(25)11-5-16-4-10-20(27-3)19(23)14-16/h4-11,14-15H,12-13H2,1-3H3,(H,24,25)/b11-5+. The number of anilines is 1. The molecule has 0 atom stereocenters. The van der Waals surface area contributed by atoms with E-state index in [0.29, 0.717) is 23.8 Å². The molecule has 1 amide bonds. The number of hydrogen-bond acceptors (Lipinski definition) is 4. The van der Waals surface area contributed by atoms with E-state index in [1.807, 2.05) is 18.2 Å². The summed E-state index contributed by atoms with van der Waals surface area (Å²) < 4.78 is 11.2. The molecule has 2 aromatic carbocycles. The predicted octanol–water partition coefficient (Wildman–Crippen LogP) is 5.31. The first-order chi connectivity index (χ1) is 13.4. The van der Waals surface area contributed by atoms with E-state index in [1.165, 1.54) is 6.08 Å². The van der Waals surface area contributed by atoms with Gasteiger partial charge in [-0.2, -0.15) is 0 Å². The second kappa shape index (κ2) is 10.7. The van der Waals surface area contributed by atoms with Crippen LogP contribution in [0.25, 0.3) is 6.08 Å². The number of esters is 1. The van der Waals surface area contributed by atoms with Gasteiger partial charge in [-0.25, -0.2) is 4.79 Å². The second-order valence-corrected chi connectivity index (χ2v) is 7.47. The molecule has 6 heteroatoms. The zero-order valence-corrected chi connectivity index (χ0v) is 17.8. The van der Waals surface area contributed by atoms with Crippen LogP contribution in [-0.4, -0.2) is 25.6 Å². The summed E-state index contributed by atoms with van der Waals surface area (Å²) in [6, 6.07) is 12.2. The molecular weight excluding hydrogens is 422 g/mol. The molecule has 0 bridgehead atoms. The molecule has 0 spiro atoms. The Morgan fingerprint density at radius 1 is 1.14 bits per heavy atom. The average Bonchev–Trinajstić information content (AvgIpc) is 2.66. The lowest BCUT2D eigenvalue weighted by Crippen LogP contribution is -2.10. The first kappa shape index (κ1) is 21.7. The fourth-order valence-corrected chi connectivity index (χ4v) is 2.86. The Hall–Kier alpha value is -2.60. The monoisotopic (exact) mass is 445 g/mol. The van der Waals surface area contributed by atoms with E-state index in [-0.39, 0.29) is 11.9 Å². The summed E-state index contributed by atoms with van der Waals surface area (Å²) >= 11 is 3.41. The second-order valence-electron chi connectivity index (χ2n) is 6.61. The fourth-order valence-electron chi connectivity index (χ4n) is 2.30. The van der Waals surface area contributed by atoms with Crippen molar-refractivity contribution in [3.05, 3.63) is 64.1 Å². The van der Waals surface area contributed by atoms with Crippen LogP contribution in [-0.2, 0) is 9.53 Å². The van der Waals surface area contributed by atoms with Crippen molar-refractivity contribution in [2.45, 2.75) is 20.3 Å². The third kappa shape index (κ3) is 6.85. The van der Waals surface area contributed by atoms with Gasteiger partial charge in [-0.05, 0) is 76.3 Å². The molecule has 1 N–H and O–H groups in total. The minimum absolute atomic E-state index is 0.265. The number of nitrogens with one attached hydrogen (secondary N) is 1. The van der Waals surface area contributed by atoms with Gasteiger partial charge in [0.1, 0.15) is 5.75 Å². The summed E-state index contributed by atoms with van der Waals surface area (Å²) in [5, 5.41) is 2.76. The van der Waals surface area contributed by atoms with Gasteiger partial charge in [0.05, 0.1) is 23.8 Å². The van der Waals surface area contributed by atoms with Crippen LogP contribution in [0, 0.1) is 5.92 Å². The van der Waals surface area contributed by atoms with Crippen molar-refractivity contribution in [2.24, 2.45) is 5.92 Å². The maximum absolute atomic E-state index is 12.1. The molecular formula is C22H24BrNO4. The number of carbonyl (C=O) groups excluding carboxylic acids is 2. The summed E-state index contributed by atoms with van der Waals surface area (Å²) in [6.45, 7) is 4.56. The van der Waals surface area contributed by atoms with E-state index >= 15 is 0 Å². The van der Waals surface area contributed by atoms with Crippen molar-refractivity contribution >= 4 is 39.6 Å². The number of carbonyl (C=O) groups is 2. The quantitative estimate of drug-likeness (QED) is 0.441. The molecule has 28 heavy (non-hydrogen) atoms. The zero-order valence-electron chi connectivity index (χ0n) is 16.2. The lowest BCUT2D eigenvalue weighted by atomic mass is 10.1. The number of methoxy groups -OCH3 is 1. The Balaban J connectivity index is 1.90. The Labute approximate surface area is 173 Å².